The van der Waals surface area contributed by atoms with Gasteiger partial charge in [0.25, 0.3) is 0 Å². The Labute approximate surface area is 202 Å². The molecule has 3 aromatic rings. The fourth-order valence-corrected chi connectivity index (χ4v) is 5.25. The molecular formula is C25H24F6N4O. The standard InChI is InChI=1S/C25H24F6N4O/c1-13-10-33-22-17(13)9-16(11-34-22)15-7-14-4-6-35(23(36)21(24(26,27)28)25(29,30)31)12-19(14)18(8-15)20-3-2-5-32-20/h7-11,20-21,32H,2-6,12H2,1H3,(H,33,34)/t20-/m0/s1. The van der Waals surface area contributed by atoms with Crippen LogP contribution in [-0.2, 0) is 17.8 Å². The summed E-state index contributed by atoms with van der Waals surface area (Å²) in [6.45, 7) is 2.21. The molecule has 5 rings (SSSR count). The number of amides is 1. The molecule has 1 fully saturated rings. The second-order valence-corrected chi connectivity index (χ2v) is 9.47. The van der Waals surface area contributed by atoms with Gasteiger partial charge in [-0.3, -0.25) is 4.79 Å². The summed E-state index contributed by atoms with van der Waals surface area (Å²) in [4.78, 5) is 20.8. The number of hydrogen-bond donors (Lipinski definition) is 2. The number of carbonyl (C=O) groups excluding carboxylic acids is 1. The topological polar surface area (TPSA) is 61.0 Å². The molecule has 0 saturated carbocycles. The monoisotopic (exact) mass is 510 g/mol. The summed E-state index contributed by atoms with van der Waals surface area (Å²) in [5, 5.41) is 4.33. The number of H-pyrrole nitrogens is 1. The number of fused-ring (bicyclic) bond motifs is 2. The smallest absolute Gasteiger partial charge is 0.346 e. The average Bonchev–Trinajstić information content (AvgIpc) is 3.46. The second-order valence-electron chi connectivity index (χ2n) is 9.47. The number of aromatic amines is 1. The molecular weight excluding hydrogens is 486 g/mol. The van der Waals surface area contributed by atoms with E-state index in [0.29, 0.717) is 10.5 Å². The zero-order chi connectivity index (χ0) is 25.8. The highest BCUT2D eigenvalue weighted by atomic mass is 19.4. The summed E-state index contributed by atoms with van der Waals surface area (Å²) in [6.07, 6.45) is -5.98. The van der Waals surface area contributed by atoms with Gasteiger partial charge in [-0.05, 0) is 72.7 Å². The van der Waals surface area contributed by atoms with Gasteiger partial charge in [0.1, 0.15) is 5.65 Å². The lowest BCUT2D eigenvalue weighted by molar-refractivity contribution is -0.277. The molecule has 0 spiro atoms. The summed E-state index contributed by atoms with van der Waals surface area (Å²) in [6, 6.07) is 5.75. The van der Waals surface area contributed by atoms with Gasteiger partial charge in [0.05, 0.1) is 0 Å². The molecule has 0 unspecified atom stereocenters. The van der Waals surface area contributed by atoms with E-state index < -0.39 is 24.2 Å². The van der Waals surface area contributed by atoms with E-state index in [2.05, 4.69) is 15.3 Å². The highest BCUT2D eigenvalue weighted by Gasteiger charge is 2.62. The van der Waals surface area contributed by atoms with Crippen LogP contribution in [0.25, 0.3) is 22.2 Å². The van der Waals surface area contributed by atoms with Crippen molar-refractivity contribution >= 4 is 16.9 Å². The summed E-state index contributed by atoms with van der Waals surface area (Å²) in [5.74, 6) is -5.98. The van der Waals surface area contributed by atoms with Crippen LogP contribution in [0, 0.1) is 12.8 Å². The third kappa shape index (κ3) is 4.44. The molecule has 2 aromatic heterocycles. The van der Waals surface area contributed by atoms with E-state index in [0.717, 1.165) is 58.2 Å². The fourth-order valence-electron chi connectivity index (χ4n) is 5.25. The first-order valence-corrected chi connectivity index (χ1v) is 11.7. The van der Waals surface area contributed by atoms with Crippen molar-refractivity contribution in [3.8, 4) is 11.1 Å². The largest absolute Gasteiger partial charge is 0.409 e. The summed E-state index contributed by atoms with van der Waals surface area (Å²) in [5.41, 5.74) is 5.77. The third-order valence-corrected chi connectivity index (χ3v) is 7.10. The van der Waals surface area contributed by atoms with Gasteiger partial charge in [0.2, 0.25) is 11.8 Å². The van der Waals surface area contributed by atoms with E-state index in [1.54, 1.807) is 6.20 Å². The van der Waals surface area contributed by atoms with Crippen molar-refractivity contribution < 1.29 is 31.1 Å². The van der Waals surface area contributed by atoms with Crippen LogP contribution in [0.4, 0.5) is 26.3 Å². The van der Waals surface area contributed by atoms with Crippen LogP contribution < -0.4 is 5.32 Å². The molecule has 1 aromatic carbocycles. The Kier molecular flexibility index (Phi) is 6.01. The van der Waals surface area contributed by atoms with Gasteiger partial charge in [-0.25, -0.2) is 4.98 Å². The van der Waals surface area contributed by atoms with E-state index in [4.69, 9.17) is 0 Å². The normalized spacial score (nSPS) is 18.8. The minimum absolute atomic E-state index is 0.0968. The lowest BCUT2D eigenvalue weighted by Crippen LogP contribution is -2.50. The highest BCUT2D eigenvalue weighted by Crippen LogP contribution is 2.42. The van der Waals surface area contributed by atoms with E-state index in [-0.39, 0.29) is 25.6 Å². The first kappa shape index (κ1) is 24.6. The van der Waals surface area contributed by atoms with Gasteiger partial charge < -0.3 is 15.2 Å². The Morgan fingerprint density at radius 1 is 1.11 bits per heavy atom. The molecule has 192 valence electrons. The zero-order valence-corrected chi connectivity index (χ0v) is 19.4. The number of benzene rings is 1. The fraction of sp³-hybridized carbons (Fsp3) is 0.440. The number of hydrogen-bond acceptors (Lipinski definition) is 3. The Bertz CT molecular complexity index is 1290. The number of rotatable bonds is 3. The number of pyridine rings is 1. The Balaban J connectivity index is 1.54. The van der Waals surface area contributed by atoms with Gasteiger partial charge in [-0.15, -0.1) is 0 Å². The van der Waals surface area contributed by atoms with E-state index in [1.807, 2.05) is 31.3 Å². The number of aromatic nitrogens is 2. The maximum absolute atomic E-state index is 13.2. The molecule has 0 aliphatic carbocycles. The number of carbonyl (C=O) groups is 1. The van der Waals surface area contributed by atoms with Crippen LogP contribution in [0.2, 0.25) is 0 Å². The molecule has 5 nitrogen and oxygen atoms in total. The van der Waals surface area contributed by atoms with E-state index in [1.165, 1.54) is 0 Å². The van der Waals surface area contributed by atoms with Crippen LogP contribution >= 0.6 is 0 Å². The van der Waals surface area contributed by atoms with E-state index in [9.17, 15) is 31.1 Å². The van der Waals surface area contributed by atoms with Gasteiger partial charge in [-0.2, -0.15) is 26.3 Å². The Morgan fingerprint density at radius 2 is 1.86 bits per heavy atom. The zero-order valence-electron chi connectivity index (χ0n) is 19.4. The number of halogens is 6. The third-order valence-electron chi connectivity index (χ3n) is 7.10. The van der Waals surface area contributed by atoms with Crippen LogP contribution in [0.3, 0.4) is 0 Å². The van der Waals surface area contributed by atoms with Crippen LogP contribution in [0.5, 0.6) is 0 Å². The molecule has 1 saturated heterocycles. The minimum atomic E-state index is -5.71. The minimum Gasteiger partial charge on any atom is -0.346 e. The van der Waals surface area contributed by atoms with Crippen molar-refractivity contribution in [2.75, 3.05) is 13.1 Å². The van der Waals surface area contributed by atoms with Crippen molar-refractivity contribution in [3.05, 3.63) is 52.8 Å². The van der Waals surface area contributed by atoms with Crippen LogP contribution in [0.15, 0.2) is 30.6 Å². The lowest BCUT2D eigenvalue weighted by atomic mass is 9.86. The van der Waals surface area contributed by atoms with E-state index >= 15 is 0 Å². The molecule has 11 heteroatoms. The van der Waals surface area contributed by atoms with Crippen LogP contribution in [0.1, 0.15) is 41.1 Å². The van der Waals surface area contributed by atoms with Crippen molar-refractivity contribution in [1.82, 2.24) is 20.2 Å². The lowest BCUT2D eigenvalue weighted by Gasteiger charge is -2.35. The highest BCUT2D eigenvalue weighted by molar-refractivity contribution is 5.85. The summed E-state index contributed by atoms with van der Waals surface area (Å²) < 4.78 is 79.3. The number of aryl methyl sites for hydroxylation is 1. The number of alkyl halides is 6. The molecule has 2 aliphatic rings. The molecule has 1 amide bonds. The molecule has 4 heterocycles. The van der Waals surface area contributed by atoms with Crippen molar-refractivity contribution in [2.24, 2.45) is 5.92 Å². The second kappa shape index (κ2) is 8.79. The Morgan fingerprint density at radius 3 is 2.53 bits per heavy atom. The first-order chi connectivity index (χ1) is 16.9. The maximum Gasteiger partial charge on any atom is 0.409 e. The first-order valence-electron chi connectivity index (χ1n) is 11.7. The van der Waals surface area contributed by atoms with Crippen molar-refractivity contribution in [3.63, 3.8) is 0 Å². The maximum atomic E-state index is 13.2. The molecule has 1 atom stereocenters. The SMILES string of the molecule is Cc1c[nH]c2ncc(-c3cc4c(c([C@@H]5CCCN5)c3)CN(C(=O)C(C(F)(F)F)C(F)(F)F)CC4)cc12. The van der Waals surface area contributed by atoms with Crippen LogP contribution in [-0.4, -0.2) is 46.2 Å². The summed E-state index contributed by atoms with van der Waals surface area (Å²) in [7, 11) is 0. The predicted octanol–water partition coefficient (Wildman–Crippen LogP) is 5.59. The molecule has 0 bridgehead atoms. The number of nitrogens with one attached hydrogen (secondary N) is 2. The molecule has 2 aliphatic heterocycles. The van der Waals surface area contributed by atoms with Gasteiger partial charge in [-0.1, -0.05) is 6.07 Å². The summed E-state index contributed by atoms with van der Waals surface area (Å²) >= 11 is 0. The molecule has 2 N–H and O–H groups in total. The van der Waals surface area contributed by atoms with Gasteiger partial charge >= 0.3 is 12.4 Å². The van der Waals surface area contributed by atoms with Crippen molar-refractivity contribution in [1.29, 1.82) is 0 Å². The van der Waals surface area contributed by atoms with Crippen molar-refractivity contribution in [2.45, 2.75) is 51.1 Å². The Hall–Kier alpha value is -3.08. The number of nitrogens with zero attached hydrogens (tertiary/aromatic N) is 2. The molecule has 0 radical (unpaired) electrons. The molecule has 36 heavy (non-hydrogen) atoms. The quantitative estimate of drug-likeness (QED) is 0.452. The van der Waals surface area contributed by atoms with Gasteiger partial charge in [0, 0.05) is 42.5 Å². The predicted molar refractivity (Wildman–Crippen MR) is 121 cm³/mol. The average molecular weight is 510 g/mol. The van der Waals surface area contributed by atoms with Gasteiger partial charge in [0.15, 0.2) is 0 Å².